The van der Waals surface area contributed by atoms with Crippen LogP contribution in [0.25, 0.3) is 11.5 Å². The molecule has 2 aromatic rings. The Labute approximate surface area is 102 Å². The van der Waals surface area contributed by atoms with Crippen molar-refractivity contribution in [3.63, 3.8) is 0 Å². The van der Waals surface area contributed by atoms with Crippen molar-refractivity contribution in [3.8, 4) is 17.5 Å². The van der Waals surface area contributed by atoms with Gasteiger partial charge in [0.1, 0.15) is 16.9 Å². The van der Waals surface area contributed by atoms with Crippen LogP contribution in [0.5, 0.6) is 0 Å². The molecule has 0 radical (unpaired) electrons. The van der Waals surface area contributed by atoms with Gasteiger partial charge in [-0.3, -0.25) is 9.55 Å². The van der Waals surface area contributed by atoms with Crippen LogP contribution in [0.3, 0.4) is 0 Å². The Hall–Kier alpha value is -2.13. The molecule has 0 fully saturated rings. The summed E-state index contributed by atoms with van der Waals surface area (Å²) < 4.78 is 7.04. The van der Waals surface area contributed by atoms with E-state index in [9.17, 15) is 4.79 Å². The maximum Gasteiger partial charge on any atom is 0.328 e. The fourth-order valence-corrected chi connectivity index (χ4v) is 1.72. The molecular weight excluding hydrogens is 238 g/mol. The largest absolute Gasteiger partial charge is 0.460 e. The van der Waals surface area contributed by atoms with E-state index in [-0.39, 0.29) is 6.54 Å². The number of nitrogens with zero attached hydrogens (tertiary/aromatic N) is 2. The van der Waals surface area contributed by atoms with Gasteiger partial charge in [0.25, 0.3) is 0 Å². The highest BCUT2D eigenvalue weighted by Crippen LogP contribution is 2.20. The number of aryl methyl sites for hydroxylation is 1. The summed E-state index contributed by atoms with van der Waals surface area (Å²) in [4.78, 5) is 14.1. The van der Waals surface area contributed by atoms with Crippen molar-refractivity contribution < 1.29 is 4.42 Å². The highest BCUT2D eigenvalue weighted by molar-refractivity contribution is 7.71. The minimum Gasteiger partial charge on any atom is -0.460 e. The summed E-state index contributed by atoms with van der Waals surface area (Å²) >= 11 is 4.94. The van der Waals surface area contributed by atoms with Crippen LogP contribution in [-0.4, -0.2) is 9.55 Å². The summed E-state index contributed by atoms with van der Waals surface area (Å²) in [5, 5.41) is 8.71. The predicted octanol–water partition coefficient (Wildman–Crippen LogP) is 2.00. The average molecular weight is 247 g/mol. The third-order valence-corrected chi connectivity index (χ3v) is 2.48. The summed E-state index contributed by atoms with van der Waals surface area (Å²) in [6.07, 6.45) is 0. The molecule has 1 N–H and O–H groups in total. The molecule has 0 amide bonds. The maximum atomic E-state index is 11.7. The number of nitriles is 1. The Balaban J connectivity index is 2.72. The van der Waals surface area contributed by atoms with Gasteiger partial charge in [0.05, 0.1) is 11.8 Å². The van der Waals surface area contributed by atoms with Crippen molar-refractivity contribution in [2.45, 2.75) is 13.5 Å². The van der Waals surface area contributed by atoms with Crippen molar-refractivity contribution >= 4 is 12.2 Å². The lowest BCUT2D eigenvalue weighted by Crippen LogP contribution is -2.24. The van der Waals surface area contributed by atoms with Gasteiger partial charge in [0.2, 0.25) is 0 Å². The Kier molecular flexibility index (Phi) is 2.93. The van der Waals surface area contributed by atoms with Crippen LogP contribution in [0, 0.1) is 22.9 Å². The van der Waals surface area contributed by atoms with E-state index in [0.29, 0.717) is 16.1 Å². The quantitative estimate of drug-likeness (QED) is 0.823. The Morgan fingerprint density at radius 3 is 2.94 bits per heavy atom. The highest BCUT2D eigenvalue weighted by Gasteiger charge is 2.10. The molecule has 2 aromatic heterocycles. The zero-order valence-electron chi connectivity index (χ0n) is 9.06. The fraction of sp³-hybridized carbons (Fsp3) is 0.182. The van der Waals surface area contributed by atoms with Gasteiger partial charge in [0, 0.05) is 6.07 Å². The lowest BCUT2D eigenvalue weighted by atomic mass is 10.3. The predicted molar refractivity (Wildman–Crippen MR) is 63.9 cm³/mol. The van der Waals surface area contributed by atoms with Crippen LogP contribution >= 0.6 is 12.2 Å². The van der Waals surface area contributed by atoms with Crippen molar-refractivity contribution in [1.82, 2.24) is 9.55 Å². The second-order valence-electron chi connectivity index (χ2n) is 3.48. The third kappa shape index (κ3) is 2.19. The van der Waals surface area contributed by atoms with Crippen molar-refractivity contribution in [3.05, 3.63) is 39.1 Å². The second-order valence-corrected chi connectivity index (χ2v) is 3.92. The van der Waals surface area contributed by atoms with E-state index in [2.05, 4.69) is 4.98 Å². The van der Waals surface area contributed by atoms with Crippen LogP contribution in [0.2, 0.25) is 0 Å². The monoisotopic (exact) mass is 247 g/mol. The standard InChI is InChI=1S/C11H9N3O2S/c1-7-2-3-9(16-7)8-6-10(17)13-11(15)14(8)5-4-12/h2-3,6H,5H2,1H3,(H,13,15,17). The minimum absolute atomic E-state index is 0.0555. The van der Waals surface area contributed by atoms with Crippen LogP contribution in [0.1, 0.15) is 5.76 Å². The summed E-state index contributed by atoms with van der Waals surface area (Å²) in [5.74, 6) is 1.25. The van der Waals surface area contributed by atoms with E-state index in [1.165, 1.54) is 4.57 Å². The molecular formula is C11H9N3O2S. The lowest BCUT2D eigenvalue weighted by molar-refractivity contribution is 0.540. The van der Waals surface area contributed by atoms with E-state index < -0.39 is 5.69 Å². The molecule has 86 valence electrons. The molecule has 0 unspecified atom stereocenters. The number of rotatable bonds is 2. The molecule has 0 spiro atoms. The molecule has 6 heteroatoms. The number of nitrogens with one attached hydrogen (secondary N) is 1. The molecule has 0 atom stereocenters. The minimum atomic E-state index is -0.414. The molecule has 0 saturated carbocycles. The van der Waals surface area contributed by atoms with Gasteiger partial charge in [-0.05, 0) is 19.1 Å². The lowest BCUT2D eigenvalue weighted by Gasteiger charge is -2.06. The highest BCUT2D eigenvalue weighted by atomic mass is 32.1. The van der Waals surface area contributed by atoms with E-state index in [1.807, 2.05) is 6.07 Å². The zero-order valence-corrected chi connectivity index (χ0v) is 9.87. The first-order chi connectivity index (χ1) is 8.11. The van der Waals surface area contributed by atoms with E-state index in [0.717, 1.165) is 5.76 Å². The van der Waals surface area contributed by atoms with Crippen molar-refractivity contribution in [2.75, 3.05) is 0 Å². The molecule has 0 aliphatic heterocycles. The number of H-pyrrole nitrogens is 1. The SMILES string of the molecule is Cc1ccc(-c2cc(=S)[nH]c(=O)n2CC#N)o1. The zero-order chi connectivity index (χ0) is 12.4. The number of hydrogen-bond donors (Lipinski definition) is 1. The van der Waals surface area contributed by atoms with Crippen LogP contribution in [0.4, 0.5) is 0 Å². The summed E-state index contributed by atoms with van der Waals surface area (Å²) in [5.41, 5.74) is 0.0940. The first-order valence-corrected chi connectivity index (χ1v) is 5.30. The molecule has 2 heterocycles. The molecule has 0 aliphatic carbocycles. The number of aromatic nitrogens is 2. The normalized spacial score (nSPS) is 10.1. The third-order valence-electron chi connectivity index (χ3n) is 2.26. The Morgan fingerprint density at radius 1 is 1.59 bits per heavy atom. The molecule has 0 saturated heterocycles. The number of hydrogen-bond acceptors (Lipinski definition) is 4. The summed E-state index contributed by atoms with van der Waals surface area (Å²) in [6.45, 7) is 1.75. The first kappa shape index (κ1) is 11.4. The summed E-state index contributed by atoms with van der Waals surface area (Å²) in [6, 6.07) is 7.06. The van der Waals surface area contributed by atoms with E-state index in [4.69, 9.17) is 21.9 Å². The number of furan rings is 1. The van der Waals surface area contributed by atoms with Gasteiger partial charge < -0.3 is 4.42 Å². The van der Waals surface area contributed by atoms with Crippen LogP contribution < -0.4 is 5.69 Å². The van der Waals surface area contributed by atoms with Crippen molar-refractivity contribution in [2.24, 2.45) is 0 Å². The average Bonchev–Trinajstić information content (AvgIpc) is 2.68. The van der Waals surface area contributed by atoms with Crippen molar-refractivity contribution in [1.29, 1.82) is 5.26 Å². The van der Waals surface area contributed by atoms with E-state index >= 15 is 0 Å². The van der Waals surface area contributed by atoms with Gasteiger partial charge in [-0.1, -0.05) is 12.2 Å². The molecule has 2 rings (SSSR count). The first-order valence-electron chi connectivity index (χ1n) is 4.90. The molecule has 5 nitrogen and oxygen atoms in total. The Bertz CT molecular complexity index is 702. The fourth-order valence-electron chi connectivity index (χ4n) is 1.52. The molecule has 0 aromatic carbocycles. The topological polar surface area (TPSA) is 74.7 Å². The maximum absolute atomic E-state index is 11.7. The second kappa shape index (κ2) is 4.39. The van der Waals surface area contributed by atoms with Gasteiger partial charge in [0.15, 0.2) is 5.76 Å². The number of aromatic amines is 1. The summed E-state index contributed by atoms with van der Waals surface area (Å²) in [7, 11) is 0. The van der Waals surface area contributed by atoms with Gasteiger partial charge >= 0.3 is 5.69 Å². The molecule has 0 bridgehead atoms. The Morgan fingerprint density at radius 2 is 2.35 bits per heavy atom. The van der Waals surface area contributed by atoms with Crippen LogP contribution in [0.15, 0.2) is 27.4 Å². The molecule has 17 heavy (non-hydrogen) atoms. The van der Waals surface area contributed by atoms with Gasteiger partial charge in [-0.2, -0.15) is 5.26 Å². The smallest absolute Gasteiger partial charge is 0.328 e. The van der Waals surface area contributed by atoms with Crippen LogP contribution in [-0.2, 0) is 6.54 Å². The van der Waals surface area contributed by atoms with Gasteiger partial charge in [-0.25, -0.2) is 4.79 Å². The van der Waals surface area contributed by atoms with Gasteiger partial charge in [-0.15, -0.1) is 0 Å². The van der Waals surface area contributed by atoms with E-state index in [1.54, 1.807) is 25.1 Å². The molecule has 0 aliphatic rings.